The molecule has 0 bridgehead atoms. The minimum Gasteiger partial charge on any atom is -0.322 e. The van der Waals surface area contributed by atoms with Gasteiger partial charge in [-0.05, 0) is 53.0 Å². The van der Waals surface area contributed by atoms with Crippen molar-refractivity contribution >= 4 is 26.8 Å². The SMILES string of the molecule is Cc1cc2[nH]c(=O)cc(Br)c2cc1C. The molecule has 1 N–H and O–H groups in total. The number of nitrogens with one attached hydrogen (secondary N) is 1. The molecular formula is C11H10BrNO. The summed E-state index contributed by atoms with van der Waals surface area (Å²) >= 11 is 3.39. The van der Waals surface area contributed by atoms with E-state index in [1.54, 1.807) is 6.07 Å². The van der Waals surface area contributed by atoms with Crippen molar-refractivity contribution in [3.05, 3.63) is 44.2 Å². The Morgan fingerprint density at radius 1 is 1.14 bits per heavy atom. The second-order valence-corrected chi connectivity index (χ2v) is 4.32. The summed E-state index contributed by atoms with van der Waals surface area (Å²) in [6, 6.07) is 5.62. The first kappa shape index (κ1) is 9.46. The van der Waals surface area contributed by atoms with Gasteiger partial charge in [0.15, 0.2) is 0 Å². The Balaban J connectivity index is 2.96. The molecule has 0 atom stereocenters. The Labute approximate surface area is 90.1 Å². The lowest BCUT2D eigenvalue weighted by molar-refractivity contribution is 1.27. The number of benzene rings is 1. The number of hydrogen-bond donors (Lipinski definition) is 1. The van der Waals surface area contributed by atoms with Crippen LogP contribution in [0, 0.1) is 13.8 Å². The maximum absolute atomic E-state index is 11.2. The summed E-state index contributed by atoms with van der Waals surface area (Å²) in [6.45, 7) is 4.10. The molecule has 0 saturated heterocycles. The van der Waals surface area contributed by atoms with Crippen molar-refractivity contribution in [2.45, 2.75) is 13.8 Å². The summed E-state index contributed by atoms with van der Waals surface area (Å²) in [5, 5.41) is 1.05. The predicted molar refractivity (Wildman–Crippen MR) is 61.7 cm³/mol. The second kappa shape index (κ2) is 3.24. The van der Waals surface area contributed by atoms with Crippen LogP contribution in [0.25, 0.3) is 10.9 Å². The molecule has 0 aliphatic heterocycles. The van der Waals surface area contributed by atoms with E-state index in [-0.39, 0.29) is 5.56 Å². The summed E-state index contributed by atoms with van der Waals surface area (Å²) in [5.74, 6) is 0. The number of aromatic amines is 1. The lowest BCUT2D eigenvalue weighted by Gasteiger charge is -2.04. The van der Waals surface area contributed by atoms with Crippen LogP contribution in [0.5, 0.6) is 0 Å². The molecule has 0 saturated carbocycles. The van der Waals surface area contributed by atoms with Crippen LogP contribution in [-0.4, -0.2) is 4.98 Å². The van der Waals surface area contributed by atoms with Gasteiger partial charge in [0.25, 0.3) is 0 Å². The molecule has 1 aromatic heterocycles. The van der Waals surface area contributed by atoms with Crippen LogP contribution in [0.2, 0.25) is 0 Å². The Hall–Kier alpha value is -1.09. The number of H-pyrrole nitrogens is 1. The summed E-state index contributed by atoms with van der Waals surface area (Å²) in [4.78, 5) is 14.0. The minimum absolute atomic E-state index is 0.0763. The molecule has 2 aromatic rings. The van der Waals surface area contributed by atoms with Crippen LogP contribution >= 0.6 is 15.9 Å². The first-order valence-corrected chi connectivity index (χ1v) is 5.17. The number of aromatic nitrogens is 1. The van der Waals surface area contributed by atoms with Crippen LogP contribution in [0.4, 0.5) is 0 Å². The first-order valence-electron chi connectivity index (χ1n) is 4.38. The highest BCUT2D eigenvalue weighted by Crippen LogP contribution is 2.23. The highest BCUT2D eigenvalue weighted by atomic mass is 79.9. The van der Waals surface area contributed by atoms with Crippen LogP contribution < -0.4 is 5.56 Å². The zero-order valence-electron chi connectivity index (χ0n) is 8.02. The number of aryl methyl sites for hydroxylation is 2. The normalized spacial score (nSPS) is 10.8. The Morgan fingerprint density at radius 2 is 1.79 bits per heavy atom. The molecule has 1 aromatic carbocycles. The number of halogens is 1. The van der Waals surface area contributed by atoms with Crippen molar-refractivity contribution in [2.24, 2.45) is 0 Å². The number of fused-ring (bicyclic) bond motifs is 1. The molecule has 0 aliphatic carbocycles. The van der Waals surface area contributed by atoms with Gasteiger partial charge < -0.3 is 4.98 Å². The van der Waals surface area contributed by atoms with Crippen molar-refractivity contribution in [3.63, 3.8) is 0 Å². The van der Waals surface area contributed by atoms with Gasteiger partial charge in [-0.1, -0.05) is 0 Å². The third-order valence-corrected chi connectivity index (χ3v) is 3.06. The Bertz CT molecular complexity index is 557. The van der Waals surface area contributed by atoms with Crippen molar-refractivity contribution < 1.29 is 0 Å². The van der Waals surface area contributed by atoms with Crippen LogP contribution in [0.3, 0.4) is 0 Å². The maximum atomic E-state index is 11.2. The Kier molecular flexibility index (Phi) is 2.19. The smallest absolute Gasteiger partial charge is 0.249 e. The van der Waals surface area contributed by atoms with Crippen molar-refractivity contribution in [1.29, 1.82) is 0 Å². The molecular weight excluding hydrogens is 242 g/mol. The molecule has 14 heavy (non-hydrogen) atoms. The lowest BCUT2D eigenvalue weighted by atomic mass is 10.1. The highest BCUT2D eigenvalue weighted by Gasteiger charge is 2.02. The third-order valence-electron chi connectivity index (χ3n) is 2.41. The number of rotatable bonds is 0. The van der Waals surface area contributed by atoms with E-state index in [0.717, 1.165) is 15.4 Å². The van der Waals surface area contributed by atoms with Gasteiger partial charge in [0.05, 0.1) is 0 Å². The summed E-state index contributed by atoms with van der Waals surface area (Å²) < 4.78 is 0.847. The van der Waals surface area contributed by atoms with Gasteiger partial charge >= 0.3 is 0 Å². The van der Waals surface area contributed by atoms with Gasteiger partial charge in [-0.15, -0.1) is 0 Å². The van der Waals surface area contributed by atoms with Crippen LogP contribution in [0.1, 0.15) is 11.1 Å². The van der Waals surface area contributed by atoms with E-state index < -0.39 is 0 Å². The summed E-state index contributed by atoms with van der Waals surface area (Å²) in [6.07, 6.45) is 0. The fourth-order valence-corrected chi connectivity index (χ4v) is 2.01. The molecule has 0 radical (unpaired) electrons. The van der Waals surface area contributed by atoms with E-state index in [1.807, 2.05) is 13.0 Å². The topological polar surface area (TPSA) is 32.9 Å². The molecule has 0 fully saturated rings. The van der Waals surface area contributed by atoms with E-state index in [9.17, 15) is 4.79 Å². The molecule has 1 heterocycles. The largest absolute Gasteiger partial charge is 0.322 e. The van der Waals surface area contributed by atoms with Crippen molar-refractivity contribution in [1.82, 2.24) is 4.98 Å². The highest BCUT2D eigenvalue weighted by molar-refractivity contribution is 9.10. The van der Waals surface area contributed by atoms with E-state index in [4.69, 9.17) is 0 Å². The summed E-state index contributed by atoms with van der Waals surface area (Å²) in [5.41, 5.74) is 3.22. The standard InChI is InChI=1S/C11H10BrNO/c1-6-3-8-9(12)5-11(14)13-10(8)4-7(6)2/h3-5H,1-2H3,(H,13,14). The maximum Gasteiger partial charge on any atom is 0.249 e. The van der Waals surface area contributed by atoms with E-state index in [0.29, 0.717) is 0 Å². The molecule has 2 rings (SSSR count). The molecule has 72 valence electrons. The average Bonchev–Trinajstić information content (AvgIpc) is 2.08. The van der Waals surface area contributed by atoms with Crippen molar-refractivity contribution in [2.75, 3.05) is 0 Å². The molecule has 3 heteroatoms. The number of pyridine rings is 1. The van der Waals surface area contributed by atoms with E-state index in [1.165, 1.54) is 11.1 Å². The zero-order valence-corrected chi connectivity index (χ0v) is 9.60. The monoisotopic (exact) mass is 251 g/mol. The van der Waals surface area contributed by atoms with Gasteiger partial charge in [0.2, 0.25) is 5.56 Å². The predicted octanol–water partition coefficient (Wildman–Crippen LogP) is 2.91. The van der Waals surface area contributed by atoms with Crippen molar-refractivity contribution in [3.8, 4) is 0 Å². The number of hydrogen-bond acceptors (Lipinski definition) is 1. The van der Waals surface area contributed by atoms with E-state index >= 15 is 0 Å². The first-order chi connectivity index (χ1) is 6.58. The third kappa shape index (κ3) is 1.48. The molecule has 0 unspecified atom stereocenters. The lowest BCUT2D eigenvalue weighted by Crippen LogP contribution is -2.03. The zero-order chi connectivity index (χ0) is 10.3. The minimum atomic E-state index is -0.0763. The van der Waals surface area contributed by atoms with Crippen LogP contribution in [-0.2, 0) is 0 Å². The fourth-order valence-electron chi connectivity index (χ4n) is 1.48. The van der Waals surface area contributed by atoms with Gasteiger partial charge in [0.1, 0.15) is 0 Å². The van der Waals surface area contributed by atoms with E-state index in [2.05, 4.69) is 33.9 Å². The summed E-state index contributed by atoms with van der Waals surface area (Å²) in [7, 11) is 0. The molecule has 0 aliphatic rings. The fraction of sp³-hybridized carbons (Fsp3) is 0.182. The van der Waals surface area contributed by atoms with Gasteiger partial charge in [-0.2, -0.15) is 0 Å². The molecule has 0 spiro atoms. The Morgan fingerprint density at radius 3 is 2.50 bits per heavy atom. The quantitative estimate of drug-likeness (QED) is 0.768. The molecule has 2 nitrogen and oxygen atoms in total. The molecule has 0 amide bonds. The van der Waals surface area contributed by atoms with Gasteiger partial charge in [-0.3, -0.25) is 4.79 Å². The van der Waals surface area contributed by atoms with Gasteiger partial charge in [0, 0.05) is 21.4 Å². The average molecular weight is 252 g/mol. The second-order valence-electron chi connectivity index (χ2n) is 3.46. The van der Waals surface area contributed by atoms with Crippen LogP contribution in [0.15, 0.2) is 27.5 Å². The van der Waals surface area contributed by atoms with Gasteiger partial charge in [-0.25, -0.2) is 0 Å².